The van der Waals surface area contributed by atoms with Crippen molar-refractivity contribution in [2.75, 3.05) is 18.7 Å². The summed E-state index contributed by atoms with van der Waals surface area (Å²) in [7, 11) is 0. The lowest BCUT2D eigenvalue weighted by Gasteiger charge is -2.03. The molecule has 14 nitrogen and oxygen atoms in total. The molecule has 0 aliphatic heterocycles. The summed E-state index contributed by atoms with van der Waals surface area (Å²) in [6.45, 7) is -0.0955. The van der Waals surface area contributed by atoms with Crippen LogP contribution in [0.1, 0.15) is 31.3 Å². The molecule has 2 aromatic carbocycles. The molecule has 37 heavy (non-hydrogen) atoms. The summed E-state index contributed by atoms with van der Waals surface area (Å²) in [5, 5.41) is 9.41. The number of benzene rings is 2. The highest BCUT2D eigenvalue weighted by molar-refractivity contribution is 6.08. The Labute approximate surface area is 209 Å². The van der Waals surface area contributed by atoms with Crippen LogP contribution in [0.15, 0.2) is 58.5 Å². The van der Waals surface area contributed by atoms with Gasteiger partial charge in [0.2, 0.25) is 0 Å². The van der Waals surface area contributed by atoms with Crippen molar-refractivity contribution < 1.29 is 14.4 Å². The SMILES string of the molecule is NC(N)=NCNC(=O)c1ccc2[nH]c(C(=O)Nc3ccc4cc(C(=O)NCN=C(N)N)[nH]c4c3)cc2c1. The summed E-state index contributed by atoms with van der Waals surface area (Å²) < 4.78 is 0. The van der Waals surface area contributed by atoms with Crippen LogP contribution < -0.4 is 38.9 Å². The van der Waals surface area contributed by atoms with Crippen LogP contribution in [0, 0.1) is 0 Å². The molecule has 3 amide bonds. The number of carbonyl (C=O) groups is 3. The zero-order valence-corrected chi connectivity index (χ0v) is 19.5. The van der Waals surface area contributed by atoms with Crippen molar-refractivity contribution in [3.8, 4) is 0 Å². The average molecular weight is 504 g/mol. The standard InChI is InChI=1S/C23H25N11O3/c24-22(25)30-9-28-19(35)12-2-4-15-13(5-12)7-18(33-15)21(37)32-14-3-1-11-6-17(34-16(11)8-14)20(36)29-10-31-23(26)27/h1-8,33-34H,9-10H2,(H,28,35)(H,29,36)(H,32,37)(H4,24,25,30)(H4,26,27,31). The monoisotopic (exact) mass is 503 g/mol. The summed E-state index contributed by atoms with van der Waals surface area (Å²) in [6, 6.07) is 13.5. The van der Waals surface area contributed by atoms with Gasteiger partial charge in [0.15, 0.2) is 11.9 Å². The van der Waals surface area contributed by atoms with Gasteiger partial charge in [-0.1, -0.05) is 6.07 Å². The van der Waals surface area contributed by atoms with E-state index in [9.17, 15) is 14.4 Å². The van der Waals surface area contributed by atoms with Crippen LogP contribution in [0.25, 0.3) is 21.8 Å². The number of guanidine groups is 2. The third-order valence-electron chi connectivity index (χ3n) is 5.26. The van der Waals surface area contributed by atoms with Gasteiger partial charge in [-0.05, 0) is 42.5 Å². The second-order valence-electron chi connectivity index (χ2n) is 7.92. The minimum absolute atomic E-state index is 0.0463. The quantitative estimate of drug-likeness (QED) is 0.116. The summed E-state index contributed by atoms with van der Waals surface area (Å²) in [5.41, 5.74) is 23.9. The Kier molecular flexibility index (Phi) is 6.90. The van der Waals surface area contributed by atoms with E-state index in [0.29, 0.717) is 39.1 Å². The fourth-order valence-electron chi connectivity index (χ4n) is 3.52. The van der Waals surface area contributed by atoms with Gasteiger partial charge in [-0.3, -0.25) is 14.4 Å². The molecule has 0 spiro atoms. The van der Waals surface area contributed by atoms with Crippen LogP contribution in [-0.2, 0) is 0 Å². The van der Waals surface area contributed by atoms with Crippen molar-refractivity contribution >= 4 is 57.1 Å². The molecular weight excluding hydrogens is 478 g/mol. The molecule has 190 valence electrons. The molecule has 2 aromatic heterocycles. The van der Waals surface area contributed by atoms with E-state index in [1.807, 2.05) is 0 Å². The van der Waals surface area contributed by atoms with Gasteiger partial charge in [-0.15, -0.1) is 0 Å². The van der Waals surface area contributed by atoms with Crippen LogP contribution in [0.2, 0.25) is 0 Å². The number of carbonyl (C=O) groups excluding carboxylic acids is 3. The second-order valence-corrected chi connectivity index (χ2v) is 7.92. The molecule has 0 saturated carbocycles. The van der Waals surface area contributed by atoms with Gasteiger partial charge < -0.3 is 48.9 Å². The van der Waals surface area contributed by atoms with E-state index in [2.05, 4.69) is 35.9 Å². The lowest BCUT2D eigenvalue weighted by molar-refractivity contribution is 0.0944. The highest BCUT2D eigenvalue weighted by Crippen LogP contribution is 2.22. The summed E-state index contributed by atoms with van der Waals surface area (Å²) >= 11 is 0. The van der Waals surface area contributed by atoms with Gasteiger partial charge in [-0.2, -0.15) is 0 Å². The van der Waals surface area contributed by atoms with E-state index >= 15 is 0 Å². The average Bonchev–Trinajstić information content (AvgIpc) is 3.47. The number of hydrogen-bond acceptors (Lipinski definition) is 5. The van der Waals surface area contributed by atoms with E-state index in [0.717, 1.165) is 5.39 Å². The molecule has 14 heteroatoms. The fourth-order valence-corrected chi connectivity index (χ4v) is 3.52. The number of hydrogen-bond donors (Lipinski definition) is 9. The number of H-pyrrole nitrogens is 2. The van der Waals surface area contributed by atoms with Gasteiger partial charge in [0.1, 0.15) is 24.7 Å². The number of fused-ring (bicyclic) bond motifs is 2. The lowest BCUT2D eigenvalue weighted by atomic mass is 10.1. The smallest absolute Gasteiger partial charge is 0.272 e. The second kappa shape index (κ2) is 10.4. The number of rotatable bonds is 8. The van der Waals surface area contributed by atoms with Gasteiger partial charge in [0.05, 0.1) is 0 Å². The Morgan fingerprint density at radius 1 is 0.676 bits per heavy atom. The number of nitrogens with two attached hydrogens (primary N) is 4. The predicted molar refractivity (Wildman–Crippen MR) is 141 cm³/mol. The van der Waals surface area contributed by atoms with Crippen LogP contribution in [0.4, 0.5) is 5.69 Å². The molecule has 4 aromatic rings. The van der Waals surface area contributed by atoms with E-state index in [1.165, 1.54) is 0 Å². The number of aromatic nitrogens is 2. The van der Waals surface area contributed by atoms with E-state index in [1.54, 1.807) is 48.5 Å². The Balaban J connectivity index is 1.45. The van der Waals surface area contributed by atoms with Crippen molar-refractivity contribution in [1.29, 1.82) is 0 Å². The lowest BCUT2D eigenvalue weighted by Crippen LogP contribution is -2.28. The fraction of sp³-hybridized carbons (Fsp3) is 0.0870. The first-order valence-electron chi connectivity index (χ1n) is 10.9. The van der Waals surface area contributed by atoms with Crippen LogP contribution in [-0.4, -0.2) is 52.9 Å². The molecule has 0 fully saturated rings. The Morgan fingerprint density at radius 2 is 1.30 bits per heavy atom. The van der Waals surface area contributed by atoms with E-state index < -0.39 is 0 Å². The van der Waals surface area contributed by atoms with Gasteiger partial charge in [-0.25, -0.2) is 9.98 Å². The molecule has 0 atom stereocenters. The van der Waals surface area contributed by atoms with Crippen molar-refractivity contribution in [1.82, 2.24) is 20.6 Å². The van der Waals surface area contributed by atoms with Gasteiger partial charge in [0, 0.05) is 33.1 Å². The van der Waals surface area contributed by atoms with Crippen molar-refractivity contribution in [3.05, 3.63) is 65.5 Å². The van der Waals surface area contributed by atoms with E-state index in [-0.39, 0.29) is 43.0 Å². The number of aliphatic imine (C=N–C) groups is 2. The first-order valence-corrected chi connectivity index (χ1v) is 10.9. The molecule has 0 aliphatic rings. The van der Waals surface area contributed by atoms with Crippen LogP contribution in [0.5, 0.6) is 0 Å². The Morgan fingerprint density at radius 3 is 2.00 bits per heavy atom. The number of amides is 3. The molecule has 0 aliphatic carbocycles. The number of nitrogens with zero attached hydrogens (tertiary/aromatic N) is 2. The summed E-state index contributed by atoms with van der Waals surface area (Å²) in [5.74, 6) is -1.37. The van der Waals surface area contributed by atoms with Crippen LogP contribution >= 0.6 is 0 Å². The maximum Gasteiger partial charge on any atom is 0.272 e. The minimum atomic E-state index is -0.380. The van der Waals surface area contributed by atoms with Gasteiger partial charge in [0.25, 0.3) is 17.7 Å². The molecule has 4 rings (SSSR count). The minimum Gasteiger partial charge on any atom is -0.370 e. The maximum atomic E-state index is 12.9. The maximum absolute atomic E-state index is 12.9. The molecule has 0 unspecified atom stereocenters. The topological polar surface area (TPSA) is 248 Å². The van der Waals surface area contributed by atoms with Crippen LogP contribution in [0.3, 0.4) is 0 Å². The number of anilines is 1. The van der Waals surface area contributed by atoms with E-state index in [4.69, 9.17) is 22.9 Å². The zero-order valence-electron chi connectivity index (χ0n) is 19.5. The van der Waals surface area contributed by atoms with Gasteiger partial charge >= 0.3 is 0 Å². The zero-order chi connectivity index (χ0) is 26.5. The number of nitrogens with one attached hydrogen (secondary N) is 5. The first-order chi connectivity index (χ1) is 17.7. The highest BCUT2D eigenvalue weighted by Gasteiger charge is 2.14. The number of aromatic amines is 2. The predicted octanol–water partition coefficient (Wildman–Crippen LogP) is -0.177. The first kappa shape index (κ1) is 24.6. The molecule has 0 bridgehead atoms. The Hall–Kier alpha value is -5.53. The van der Waals surface area contributed by atoms with Crippen molar-refractivity contribution in [2.45, 2.75) is 0 Å². The third kappa shape index (κ3) is 5.94. The molecule has 0 radical (unpaired) electrons. The highest BCUT2D eigenvalue weighted by atomic mass is 16.2. The van der Waals surface area contributed by atoms with Crippen molar-refractivity contribution in [2.24, 2.45) is 32.9 Å². The summed E-state index contributed by atoms with van der Waals surface area (Å²) in [6.07, 6.45) is 0. The molecule has 13 N–H and O–H groups in total. The molecular formula is C23H25N11O3. The molecule has 2 heterocycles. The largest absolute Gasteiger partial charge is 0.370 e. The van der Waals surface area contributed by atoms with Crippen molar-refractivity contribution in [3.63, 3.8) is 0 Å². The normalized spacial score (nSPS) is 10.6. The third-order valence-corrected chi connectivity index (χ3v) is 5.26. The molecule has 0 saturated heterocycles. The Bertz CT molecular complexity index is 1560. The summed E-state index contributed by atoms with van der Waals surface area (Å²) in [4.78, 5) is 50.9.